The lowest BCUT2D eigenvalue weighted by molar-refractivity contribution is -0.385. The van der Waals surface area contributed by atoms with Crippen molar-refractivity contribution in [1.82, 2.24) is 0 Å². The number of carbonyl (C=O) groups excluding carboxylic acids is 2. The second-order valence-corrected chi connectivity index (χ2v) is 4.02. The summed E-state index contributed by atoms with van der Waals surface area (Å²) in [4.78, 5) is 32.8. The van der Waals surface area contributed by atoms with Crippen molar-refractivity contribution in [3.8, 4) is 11.5 Å². The number of methoxy groups -OCH3 is 1. The van der Waals surface area contributed by atoms with Crippen LogP contribution >= 0.6 is 0 Å². The van der Waals surface area contributed by atoms with Crippen LogP contribution in [0.15, 0.2) is 17.7 Å². The van der Waals surface area contributed by atoms with E-state index in [2.05, 4.69) is 0 Å². The van der Waals surface area contributed by atoms with Gasteiger partial charge in [-0.3, -0.25) is 19.7 Å². The van der Waals surface area contributed by atoms with Crippen molar-refractivity contribution < 1.29 is 24.4 Å². The molecule has 0 amide bonds. The molecule has 7 heteroatoms. The fraction of sp³-hybridized carbons (Fsp3) is 0.231. The molecule has 0 fully saturated rings. The first kappa shape index (κ1) is 15.4. The topological polar surface area (TPSA) is 107 Å². The minimum absolute atomic E-state index is 0.108. The molecule has 0 heterocycles. The van der Waals surface area contributed by atoms with Gasteiger partial charge in [-0.25, -0.2) is 0 Å². The predicted molar refractivity (Wildman–Crippen MR) is 70.7 cm³/mol. The molecule has 0 spiro atoms. The average molecular weight is 279 g/mol. The summed E-state index contributed by atoms with van der Waals surface area (Å²) in [6.07, 6.45) is 1.19. The van der Waals surface area contributed by atoms with Gasteiger partial charge in [-0.05, 0) is 31.6 Å². The third kappa shape index (κ3) is 3.19. The minimum atomic E-state index is -0.725. The molecule has 0 saturated carbocycles. The molecule has 7 nitrogen and oxygen atoms in total. The number of phenolic OH excluding ortho intramolecular Hbond substituents is 1. The zero-order valence-corrected chi connectivity index (χ0v) is 11.2. The van der Waals surface area contributed by atoms with E-state index in [-0.39, 0.29) is 16.9 Å². The second-order valence-electron chi connectivity index (χ2n) is 4.02. The molecule has 0 atom stereocenters. The van der Waals surface area contributed by atoms with Crippen molar-refractivity contribution in [3.05, 3.63) is 33.4 Å². The third-order valence-corrected chi connectivity index (χ3v) is 2.54. The maximum Gasteiger partial charge on any atom is 0.315 e. The molecule has 0 aliphatic carbocycles. The van der Waals surface area contributed by atoms with Crippen LogP contribution in [0, 0.1) is 10.1 Å². The van der Waals surface area contributed by atoms with E-state index >= 15 is 0 Å². The van der Waals surface area contributed by atoms with Gasteiger partial charge in [0.1, 0.15) is 0 Å². The van der Waals surface area contributed by atoms with E-state index in [4.69, 9.17) is 4.74 Å². The van der Waals surface area contributed by atoms with Gasteiger partial charge in [0.15, 0.2) is 17.3 Å². The molecule has 0 radical (unpaired) electrons. The summed E-state index contributed by atoms with van der Waals surface area (Å²) in [5.74, 6) is -1.65. The Hall–Kier alpha value is -2.70. The summed E-state index contributed by atoms with van der Waals surface area (Å²) < 4.78 is 4.75. The summed E-state index contributed by atoms with van der Waals surface area (Å²) in [7, 11) is 1.19. The van der Waals surface area contributed by atoms with E-state index in [1.54, 1.807) is 0 Å². The predicted octanol–water partition coefficient (Wildman–Crippen LogP) is 1.87. The van der Waals surface area contributed by atoms with E-state index < -0.39 is 27.9 Å². The number of nitrogens with zero attached hydrogens (tertiary/aromatic N) is 1. The summed E-state index contributed by atoms with van der Waals surface area (Å²) in [5.41, 5.74) is -0.399. The van der Waals surface area contributed by atoms with Crippen molar-refractivity contribution in [3.63, 3.8) is 0 Å². The number of hydrogen-bond donors (Lipinski definition) is 1. The van der Waals surface area contributed by atoms with Crippen molar-refractivity contribution in [1.29, 1.82) is 0 Å². The Morgan fingerprint density at radius 2 is 1.85 bits per heavy atom. The first-order chi connectivity index (χ1) is 9.27. The summed E-state index contributed by atoms with van der Waals surface area (Å²) >= 11 is 0. The number of ether oxygens (including phenoxy) is 1. The van der Waals surface area contributed by atoms with Crippen LogP contribution in [-0.4, -0.2) is 28.7 Å². The van der Waals surface area contributed by atoms with Crippen LogP contribution < -0.4 is 4.74 Å². The van der Waals surface area contributed by atoms with Gasteiger partial charge >= 0.3 is 5.69 Å². The van der Waals surface area contributed by atoms with Gasteiger partial charge in [0.05, 0.1) is 17.6 Å². The molecule has 1 aromatic carbocycles. The molecule has 1 rings (SSSR count). The summed E-state index contributed by atoms with van der Waals surface area (Å²) in [5, 5.41) is 20.6. The summed E-state index contributed by atoms with van der Waals surface area (Å²) in [6, 6.07) is 2.29. The van der Waals surface area contributed by atoms with Crippen molar-refractivity contribution in [2.24, 2.45) is 0 Å². The number of rotatable bonds is 5. The van der Waals surface area contributed by atoms with Crippen molar-refractivity contribution in [2.45, 2.75) is 13.8 Å². The highest BCUT2D eigenvalue weighted by atomic mass is 16.6. The van der Waals surface area contributed by atoms with Crippen LogP contribution in [0.5, 0.6) is 11.5 Å². The number of benzene rings is 1. The zero-order valence-electron chi connectivity index (χ0n) is 11.2. The maximum atomic E-state index is 11.3. The number of nitro benzene ring substituents is 1. The molecule has 1 N–H and O–H groups in total. The second kappa shape index (κ2) is 5.96. The molecule has 20 heavy (non-hydrogen) atoms. The van der Waals surface area contributed by atoms with Gasteiger partial charge in [-0.1, -0.05) is 0 Å². The first-order valence-corrected chi connectivity index (χ1v) is 5.57. The van der Waals surface area contributed by atoms with Crippen LogP contribution in [0.2, 0.25) is 0 Å². The van der Waals surface area contributed by atoms with Crippen LogP contribution in [0.25, 0.3) is 6.08 Å². The number of aromatic hydroxyl groups is 1. The molecular formula is C13H13NO6. The molecule has 0 aliphatic heterocycles. The number of hydrogen-bond acceptors (Lipinski definition) is 6. The zero-order chi connectivity index (χ0) is 15.4. The van der Waals surface area contributed by atoms with Crippen LogP contribution in [-0.2, 0) is 9.59 Å². The van der Waals surface area contributed by atoms with Gasteiger partial charge < -0.3 is 9.84 Å². The highest BCUT2D eigenvalue weighted by Gasteiger charge is 2.20. The van der Waals surface area contributed by atoms with E-state index in [9.17, 15) is 24.8 Å². The van der Waals surface area contributed by atoms with Gasteiger partial charge in [-0.2, -0.15) is 0 Å². The van der Waals surface area contributed by atoms with Gasteiger partial charge in [0, 0.05) is 6.07 Å². The number of phenols is 1. The molecule has 0 saturated heterocycles. The SMILES string of the molecule is COc1c(O)cc(C=C(C(C)=O)C(C)=O)cc1[N+](=O)[O-]. The monoisotopic (exact) mass is 279 g/mol. The first-order valence-electron chi connectivity index (χ1n) is 5.57. The molecule has 0 aromatic heterocycles. The quantitative estimate of drug-likeness (QED) is 0.290. The number of nitro groups is 1. The Kier molecular flexibility index (Phi) is 4.58. The lowest BCUT2D eigenvalue weighted by Crippen LogP contribution is -2.05. The molecule has 0 aliphatic rings. The Morgan fingerprint density at radius 3 is 2.25 bits per heavy atom. The standard InChI is InChI=1S/C13H13NO6/c1-7(15)10(8(2)16)4-9-5-11(14(18)19)13(20-3)12(17)6-9/h4-6,17H,1-3H3. The number of ketones is 2. The Labute approximate surface area is 114 Å². The van der Waals surface area contributed by atoms with Crippen LogP contribution in [0.3, 0.4) is 0 Å². The fourth-order valence-electron chi connectivity index (χ4n) is 1.67. The average Bonchev–Trinajstić information content (AvgIpc) is 2.34. The number of carbonyl (C=O) groups is 2. The van der Waals surface area contributed by atoms with Gasteiger partial charge in [-0.15, -0.1) is 0 Å². The van der Waals surface area contributed by atoms with Crippen molar-refractivity contribution in [2.75, 3.05) is 7.11 Å². The van der Waals surface area contributed by atoms with E-state index in [0.717, 1.165) is 6.07 Å². The van der Waals surface area contributed by atoms with E-state index in [1.165, 1.54) is 33.1 Å². The maximum absolute atomic E-state index is 11.3. The van der Waals surface area contributed by atoms with E-state index in [1.807, 2.05) is 0 Å². The molecule has 0 unspecified atom stereocenters. The van der Waals surface area contributed by atoms with Gasteiger partial charge in [0.25, 0.3) is 0 Å². The fourth-order valence-corrected chi connectivity index (χ4v) is 1.67. The lowest BCUT2D eigenvalue weighted by Gasteiger charge is -2.06. The Balaban J connectivity index is 3.48. The van der Waals surface area contributed by atoms with Crippen molar-refractivity contribution >= 4 is 23.3 Å². The smallest absolute Gasteiger partial charge is 0.315 e. The normalized spacial score (nSPS) is 9.75. The van der Waals surface area contributed by atoms with Gasteiger partial charge in [0.2, 0.25) is 5.75 Å². The Bertz CT molecular complexity index is 602. The molecule has 106 valence electrons. The van der Waals surface area contributed by atoms with Crippen LogP contribution in [0.4, 0.5) is 5.69 Å². The number of allylic oxidation sites excluding steroid dienone is 1. The number of Topliss-reactive ketones (excluding diaryl/α,β-unsaturated/α-hetero) is 2. The highest BCUT2D eigenvalue weighted by Crippen LogP contribution is 2.37. The highest BCUT2D eigenvalue weighted by molar-refractivity contribution is 6.21. The van der Waals surface area contributed by atoms with Crippen LogP contribution in [0.1, 0.15) is 19.4 Å². The van der Waals surface area contributed by atoms with E-state index in [0.29, 0.717) is 0 Å². The largest absolute Gasteiger partial charge is 0.504 e. The molecule has 1 aromatic rings. The molecular weight excluding hydrogens is 266 g/mol. The Morgan fingerprint density at radius 1 is 1.30 bits per heavy atom. The third-order valence-electron chi connectivity index (χ3n) is 2.54. The molecule has 0 bridgehead atoms. The minimum Gasteiger partial charge on any atom is -0.504 e. The summed E-state index contributed by atoms with van der Waals surface area (Å²) in [6.45, 7) is 2.43. The lowest BCUT2D eigenvalue weighted by atomic mass is 10.0.